The molecule has 8 heteroatoms. The number of hydrazone groups is 1. The SMILES string of the molecule is COc1cc(/C=N\NC(=O)C(=O)Nc2cccc(C)c2)cc(Cl)c1O. The zero-order chi connectivity index (χ0) is 18.4. The summed E-state index contributed by atoms with van der Waals surface area (Å²) in [5.41, 5.74) is 4.05. The number of amides is 2. The van der Waals surface area contributed by atoms with Gasteiger partial charge in [0.15, 0.2) is 11.5 Å². The normalized spacial score (nSPS) is 10.5. The summed E-state index contributed by atoms with van der Waals surface area (Å²) >= 11 is 5.85. The van der Waals surface area contributed by atoms with E-state index in [9.17, 15) is 14.7 Å². The van der Waals surface area contributed by atoms with Crippen molar-refractivity contribution in [1.82, 2.24) is 5.43 Å². The molecular weight excluding hydrogens is 346 g/mol. The van der Waals surface area contributed by atoms with Crippen LogP contribution < -0.4 is 15.5 Å². The van der Waals surface area contributed by atoms with Crippen molar-refractivity contribution in [3.05, 3.63) is 52.5 Å². The van der Waals surface area contributed by atoms with Gasteiger partial charge in [-0.1, -0.05) is 23.7 Å². The zero-order valence-electron chi connectivity index (χ0n) is 13.5. The summed E-state index contributed by atoms with van der Waals surface area (Å²) in [5, 5.41) is 15.9. The number of nitrogens with one attached hydrogen (secondary N) is 2. The van der Waals surface area contributed by atoms with Gasteiger partial charge < -0.3 is 15.2 Å². The second kappa shape index (κ2) is 8.16. The van der Waals surface area contributed by atoms with Gasteiger partial charge >= 0.3 is 11.8 Å². The Kier molecular flexibility index (Phi) is 5.97. The molecule has 0 heterocycles. The number of aryl methyl sites for hydroxylation is 1. The topological polar surface area (TPSA) is 100 Å². The Hall–Kier alpha value is -3.06. The lowest BCUT2D eigenvalue weighted by atomic mass is 10.2. The minimum absolute atomic E-state index is 0.0734. The van der Waals surface area contributed by atoms with Crippen LogP contribution in [0.25, 0.3) is 0 Å². The van der Waals surface area contributed by atoms with Gasteiger partial charge in [-0.05, 0) is 42.3 Å². The lowest BCUT2D eigenvalue weighted by Gasteiger charge is -2.06. The van der Waals surface area contributed by atoms with Gasteiger partial charge in [0.25, 0.3) is 0 Å². The third kappa shape index (κ3) is 4.95. The van der Waals surface area contributed by atoms with E-state index < -0.39 is 11.8 Å². The maximum Gasteiger partial charge on any atom is 0.329 e. The summed E-state index contributed by atoms with van der Waals surface area (Å²) in [7, 11) is 1.38. The predicted octanol–water partition coefficient (Wildman–Crippen LogP) is 2.45. The Labute approximate surface area is 149 Å². The highest BCUT2D eigenvalue weighted by molar-refractivity contribution is 6.39. The number of hydrogen-bond acceptors (Lipinski definition) is 5. The monoisotopic (exact) mass is 361 g/mol. The number of hydrogen-bond donors (Lipinski definition) is 3. The van der Waals surface area contributed by atoms with Crippen LogP contribution >= 0.6 is 11.6 Å². The van der Waals surface area contributed by atoms with Crippen LogP contribution in [0.4, 0.5) is 5.69 Å². The molecule has 0 aliphatic heterocycles. The number of rotatable bonds is 4. The maximum absolute atomic E-state index is 11.8. The van der Waals surface area contributed by atoms with E-state index in [2.05, 4.69) is 15.8 Å². The number of phenolic OH excluding ortho intramolecular Hbond substituents is 1. The van der Waals surface area contributed by atoms with Gasteiger partial charge in [0.1, 0.15) is 0 Å². The summed E-state index contributed by atoms with van der Waals surface area (Å²) in [6.07, 6.45) is 1.27. The summed E-state index contributed by atoms with van der Waals surface area (Å²) < 4.78 is 4.96. The lowest BCUT2D eigenvalue weighted by Crippen LogP contribution is -2.32. The van der Waals surface area contributed by atoms with Crippen LogP contribution in [-0.2, 0) is 9.59 Å². The molecule has 0 unspecified atom stereocenters. The van der Waals surface area contributed by atoms with Gasteiger partial charge in [-0.2, -0.15) is 5.10 Å². The first-order chi connectivity index (χ1) is 11.9. The van der Waals surface area contributed by atoms with Gasteiger partial charge in [-0.25, -0.2) is 5.43 Å². The molecule has 0 bridgehead atoms. The van der Waals surface area contributed by atoms with E-state index in [4.69, 9.17) is 16.3 Å². The van der Waals surface area contributed by atoms with Gasteiger partial charge in [0, 0.05) is 5.69 Å². The molecule has 0 aromatic heterocycles. The van der Waals surface area contributed by atoms with Crippen molar-refractivity contribution in [3.8, 4) is 11.5 Å². The molecule has 0 spiro atoms. The highest BCUT2D eigenvalue weighted by Gasteiger charge is 2.13. The van der Waals surface area contributed by atoms with E-state index in [-0.39, 0.29) is 16.5 Å². The summed E-state index contributed by atoms with van der Waals surface area (Å²) in [6.45, 7) is 1.87. The average molecular weight is 362 g/mol. The number of anilines is 1. The number of halogens is 1. The highest BCUT2D eigenvalue weighted by atomic mass is 35.5. The molecule has 0 saturated heterocycles. The molecule has 0 aliphatic rings. The third-order valence-electron chi connectivity index (χ3n) is 3.13. The van der Waals surface area contributed by atoms with E-state index in [0.717, 1.165) is 5.56 Å². The second-order valence-corrected chi connectivity index (χ2v) is 5.48. The highest BCUT2D eigenvalue weighted by Crippen LogP contribution is 2.34. The average Bonchev–Trinajstić information content (AvgIpc) is 2.57. The van der Waals surface area contributed by atoms with Crippen molar-refractivity contribution in [1.29, 1.82) is 0 Å². The van der Waals surface area contributed by atoms with E-state index in [1.165, 1.54) is 25.5 Å². The van der Waals surface area contributed by atoms with Crippen LogP contribution in [0.3, 0.4) is 0 Å². The molecular formula is C17H16ClN3O4. The van der Waals surface area contributed by atoms with Crippen LogP contribution in [0.5, 0.6) is 11.5 Å². The molecule has 0 radical (unpaired) electrons. The first kappa shape index (κ1) is 18.3. The van der Waals surface area contributed by atoms with Crippen molar-refractivity contribution >= 4 is 35.3 Å². The molecule has 2 aromatic carbocycles. The molecule has 2 amide bonds. The van der Waals surface area contributed by atoms with Crippen molar-refractivity contribution in [2.24, 2.45) is 5.10 Å². The van der Waals surface area contributed by atoms with Gasteiger partial charge in [0.05, 0.1) is 18.3 Å². The van der Waals surface area contributed by atoms with Gasteiger partial charge in [-0.15, -0.1) is 0 Å². The molecule has 0 saturated carbocycles. The lowest BCUT2D eigenvalue weighted by molar-refractivity contribution is -0.136. The molecule has 3 N–H and O–H groups in total. The number of ether oxygens (including phenoxy) is 1. The van der Waals surface area contributed by atoms with Crippen molar-refractivity contribution in [3.63, 3.8) is 0 Å². The van der Waals surface area contributed by atoms with Crippen molar-refractivity contribution in [2.75, 3.05) is 12.4 Å². The molecule has 0 aliphatic carbocycles. The van der Waals surface area contributed by atoms with Crippen molar-refractivity contribution in [2.45, 2.75) is 6.92 Å². The number of carbonyl (C=O) groups excluding carboxylic acids is 2. The number of benzene rings is 2. The molecule has 130 valence electrons. The van der Waals surface area contributed by atoms with Gasteiger partial charge in [-0.3, -0.25) is 9.59 Å². The fourth-order valence-corrected chi connectivity index (χ4v) is 2.17. The minimum Gasteiger partial charge on any atom is -0.503 e. The molecule has 2 aromatic rings. The Morgan fingerprint density at radius 2 is 2.00 bits per heavy atom. The number of aromatic hydroxyl groups is 1. The van der Waals surface area contributed by atoms with E-state index >= 15 is 0 Å². The summed E-state index contributed by atoms with van der Waals surface area (Å²) in [6, 6.07) is 9.96. The number of phenols is 1. The smallest absolute Gasteiger partial charge is 0.329 e. The largest absolute Gasteiger partial charge is 0.503 e. The number of methoxy groups -OCH3 is 1. The predicted molar refractivity (Wildman–Crippen MR) is 95.2 cm³/mol. The first-order valence-electron chi connectivity index (χ1n) is 7.18. The van der Waals surface area contributed by atoms with Crippen LogP contribution in [0.1, 0.15) is 11.1 Å². The standard InChI is InChI=1S/C17H16ClN3O4/c1-10-4-3-5-12(6-10)20-16(23)17(24)21-19-9-11-7-13(18)15(22)14(8-11)25-2/h3-9,22H,1-2H3,(H,20,23)(H,21,24)/b19-9-. The van der Waals surface area contributed by atoms with E-state index in [0.29, 0.717) is 11.3 Å². The molecule has 25 heavy (non-hydrogen) atoms. The van der Waals surface area contributed by atoms with Crippen LogP contribution in [0.2, 0.25) is 5.02 Å². The quantitative estimate of drug-likeness (QED) is 0.442. The fourth-order valence-electron chi connectivity index (χ4n) is 1.95. The Balaban J connectivity index is 1.98. The van der Waals surface area contributed by atoms with E-state index in [1.807, 2.05) is 13.0 Å². The van der Waals surface area contributed by atoms with Crippen molar-refractivity contribution < 1.29 is 19.4 Å². The van der Waals surface area contributed by atoms with Crippen LogP contribution in [-0.4, -0.2) is 30.2 Å². The number of nitrogens with zero attached hydrogens (tertiary/aromatic N) is 1. The zero-order valence-corrected chi connectivity index (χ0v) is 14.3. The van der Waals surface area contributed by atoms with E-state index in [1.54, 1.807) is 18.2 Å². The summed E-state index contributed by atoms with van der Waals surface area (Å²) in [4.78, 5) is 23.5. The van der Waals surface area contributed by atoms with Crippen LogP contribution in [0, 0.1) is 6.92 Å². The minimum atomic E-state index is -0.922. The summed E-state index contributed by atoms with van der Waals surface area (Å²) in [5.74, 6) is -1.79. The molecule has 0 fully saturated rings. The molecule has 7 nitrogen and oxygen atoms in total. The van der Waals surface area contributed by atoms with Crippen LogP contribution in [0.15, 0.2) is 41.5 Å². The molecule has 2 rings (SSSR count). The maximum atomic E-state index is 11.8. The Morgan fingerprint density at radius 3 is 2.68 bits per heavy atom. The Bertz CT molecular complexity index is 837. The molecule has 0 atom stereocenters. The van der Waals surface area contributed by atoms with Gasteiger partial charge in [0.2, 0.25) is 0 Å². The second-order valence-electron chi connectivity index (χ2n) is 5.08. The Morgan fingerprint density at radius 1 is 1.24 bits per heavy atom. The third-order valence-corrected chi connectivity index (χ3v) is 3.42. The first-order valence-corrected chi connectivity index (χ1v) is 7.56. The fraction of sp³-hybridized carbons (Fsp3) is 0.118. The number of carbonyl (C=O) groups is 2.